The van der Waals surface area contributed by atoms with Crippen LogP contribution in [-0.4, -0.2) is 38.8 Å². The molecule has 1 amide bonds. The lowest BCUT2D eigenvalue weighted by Crippen LogP contribution is -2.38. The monoisotopic (exact) mass is 440 g/mol. The van der Waals surface area contributed by atoms with Gasteiger partial charge in [-0.1, -0.05) is 12.8 Å². The average molecular weight is 441 g/mol. The minimum absolute atomic E-state index is 0.0253. The Kier molecular flexibility index (Phi) is 5.97. The Hall–Kier alpha value is -1.99. The highest BCUT2D eigenvalue weighted by Gasteiger charge is 2.34. The Bertz CT molecular complexity index is 1010. The number of amides is 1. The fraction of sp³-hybridized carbons (Fsp3) is 0.625. The summed E-state index contributed by atoms with van der Waals surface area (Å²) in [5.41, 5.74) is 3.02. The first-order valence-corrected chi connectivity index (χ1v) is 12.6. The van der Waals surface area contributed by atoms with Crippen LogP contribution >= 0.6 is 11.3 Å². The zero-order chi connectivity index (χ0) is 21.4. The van der Waals surface area contributed by atoms with Crippen LogP contribution in [0.1, 0.15) is 78.5 Å². The van der Waals surface area contributed by atoms with Crippen molar-refractivity contribution in [2.24, 2.45) is 5.92 Å². The summed E-state index contributed by atoms with van der Waals surface area (Å²) in [4.78, 5) is 39.6. The van der Waals surface area contributed by atoms with Crippen molar-refractivity contribution in [1.29, 1.82) is 0 Å². The van der Waals surface area contributed by atoms with E-state index in [2.05, 4.69) is 28.3 Å². The number of rotatable bonds is 5. The number of H-pyrrole nitrogens is 1. The van der Waals surface area contributed by atoms with Crippen molar-refractivity contribution in [2.45, 2.75) is 77.4 Å². The minimum Gasteiger partial charge on any atom is -0.333 e. The maximum absolute atomic E-state index is 13.0. The summed E-state index contributed by atoms with van der Waals surface area (Å²) in [5, 5.41) is 2.13. The molecule has 2 aliphatic heterocycles. The molecule has 0 radical (unpaired) electrons. The Labute approximate surface area is 187 Å². The molecule has 1 aliphatic carbocycles. The first kappa shape index (κ1) is 20.9. The summed E-state index contributed by atoms with van der Waals surface area (Å²) in [7, 11) is 0. The zero-order valence-electron chi connectivity index (χ0n) is 18.4. The van der Waals surface area contributed by atoms with E-state index in [-0.39, 0.29) is 17.5 Å². The largest absolute Gasteiger partial charge is 0.333 e. The molecule has 1 saturated carbocycles. The summed E-state index contributed by atoms with van der Waals surface area (Å²) in [5.74, 6) is 1.48. The normalized spacial score (nSPS) is 22.2. The fourth-order valence-electron chi connectivity index (χ4n) is 5.49. The van der Waals surface area contributed by atoms with Crippen molar-refractivity contribution >= 4 is 17.2 Å². The van der Waals surface area contributed by atoms with Gasteiger partial charge >= 0.3 is 0 Å². The van der Waals surface area contributed by atoms with Gasteiger partial charge in [-0.25, -0.2) is 4.98 Å². The SMILES string of the molecule is Cc1ccsc1CN1CCc2nc([C@H]3CCCN3C(=O)CC3CCCC3)[nH]c(=O)c2C1. The van der Waals surface area contributed by atoms with Crippen molar-refractivity contribution in [3.05, 3.63) is 49.3 Å². The van der Waals surface area contributed by atoms with E-state index in [1.807, 2.05) is 4.90 Å². The van der Waals surface area contributed by atoms with Crippen molar-refractivity contribution < 1.29 is 4.79 Å². The molecule has 0 aromatic carbocycles. The number of likely N-dealkylation sites (tertiary alicyclic amines) is 1. The summed E-state index contributed by atoms with van der Waals surface area (Å²) in [6, 6.07) is 2.08. The molecule has 3 aliphatic rings. The van der Waals surface area contributed by atoms with Gasteiger partial charge in [-0.2, -0.15) is 0 Å². The van der Waals surface area contributed by atoms with Crippen LogP contribution < -0.4 is 5.56 Å². The summed E-state index contributed by atoms with van der Waals surface area (Å²) >= 11 is 1.78. The molecule has 2 fully saturated rings. The van der Waals surface area contributed by atoms with Gasteiger partial charge in [-0.05, 0) is 55.5 Å². The van der Waals surface area contributed by atoms with Gasteiger partial charge in [0.25, 0.3) is 5.56 Å². The highest BCUT2D eigenvalue weighted by Crippen LogP contribution is 2.34. The van der Waals surface area contributed by atoms with Gasteiger partial charge in [0, 0.05) is 43.9 Å². The Morgan fingerprint density at radius 1 is 1.23 bits per heavy atom. The van der Waals surface area contributed by atoms with Crippen molar-refractivity contribution in [2.75, 3.05) is 13.1 Å². The molecule has 0 bridgehead atoms. The Morgan fingerprint density at radius 3 is 2.84 bits per heavy atom. The number of aromatic amines is 1. The number of aryl methyl sites for hydroxylation is 1. The molecule has 1 atom stereocenters. The van der Waals surface area contributed by atoms with E-state index in [1.54, 1.807) is 11.3 Å². The van der Waals surface area contributed by atoms with Crippen LogP contribution in [0, 0.1) is 12.8 Å². The van der Waals surface area contributed by atoms with E-state index in [0.717, 1.165) is 50.2 Å². The second kappa shape index (κ2) is 8.87. The van der Waals surface area contributed by atoms with Gasteiger partial charge in [-0.15, -0.1) is 11.3 Å². The first-order valence-electron chi connectivity index (χ1n) is 11.7. The molecule has 1 N–H and O–H groups in total. The highest BCUT2D eigenvalue weighted by atomic mass is 32.1. The van der Waals surface area contributed by atoms with Crippen LogP contribution in [0.15, 0.2) is 16.2 Å². The number of nitrogens with one attached hydrogen (secondary N) is 1. The van der Waals surface area contributed by atoms with Crippen LogP contribution in [-0.2, 0) is 24.3 Å². The second-order valence-corrected chi connectivity index (χ2v) is 10.5. The van der Waals surface area contributed by atoms with Crippen LogP contribution in [0.2, 0.25) is 0 Å². The van der Waals surface area contributed by atoms with E-state index in [9.17, 15) is 9.59 Å². The lowest BCUT2D eigenvalue weighted by molar-refractivity contribution is -0.133. The molecule has 4 heterocycles. The predicted molar refractivity (Wildman–Crippen MR) is 122 cm³/mol. The number of nitrogens with zero attached hydrogens (tertiary/aromatic N) is 3. The van der Waals surface area contributed by atoms with Gasteiger partial charge in [0.1, 0.15) is 5.82 Å². The number of hydrogen-bond acceptors (Lipinski definition) is 5. The van der Waals surface area contributed by atoms with Crippen LogP contribution in [0.5, 0.6) is 0 Å². The molecule has 7 heteroatoms. The van der Waals surface area contributed by atoms with Gasteiger partial charge < -0.3 is 9.88 Å². The molecule has 2 aromatic heterocycles. The Balaban J connectivity index is 1.31. The van der Waals surface area contributed by atoms with E-state index < -0.39 is 0 Å². The predicted octanol–water partition coefficient (Wildman–Crippen LogP) is 3.94. The van der Waals surface area contributed by atoms with Gasteiger partial charge in [0.2, 0.25) is 5.91 Å². The maximum atomic E-state index is 13.0. The molecule has 166 valence electrons. The molecular weight excluding hydrogens is 408 g/mol. The third-order valence-corrected chi connectivity index (χ3v) is 8.34. The van der Waals surface area contributed by atoms with E-state index >= 15 is 0 Å². The third kappa shape index (κ3) is 4.35. The number of thiophene rings is 1. The second-order valence-electron chi connectivity index (χ2n) is 9.46. The molecule has 31 heavy (non-hydrogen) atoms. The number of hydrogen-bond donors (Lipinski definition) is 1. The van der Waals surface area contributed by atoms with Gasteiger partial charge in [0.05, 0.1) is 17.3 Å². The van der Waals surface area contributed by atoms with E-state index in [4.69, 9.17) is 4.98 Å². The molecule has 5 rings (SSSR count). The van der Waals surface area contributed by atoms with Crippen molar-refractivity contribution in [3.63, 3.8) is 0 Å². The fourth-order valence-corrected chi connectivity index (χ4v) is 6.44. The first-order chi connectivity index (χ1) is 15.1. The quantitative estimate of drug-likeness (QED) is 0.765. The molecular formula is C24H32N4O2S. The van der Waals surface area contributed by atoms with E-state index in [0.29, 0.717) is 24.7 Å². The van der Waals surface area contributed by atoms with Gasteiger partial charge in [0.15, 0.2) is 0 Å². The van der Waals surface area contributed by atoms with Gasteiger partial charge in [-0.3, -0.25) is 14.5 Å². The molecule has 0 spiro atoms. The molecule has 6 nitrogen and oxygen atoms in total. The van der Waals surface area contributed by atoms with Crippen LogP contribution in [0.4, 0.5) is 0 Å². The number of carbonyl (C=O) groups is 1. The molecule has 1 saturated heterocycles. The van der Waals surface area contributed by atoms with E-state index in [1.165, 1.54) is 36.1 Å². The van der Waals surface area contributed by atoms with Crippen LogP contribution in [0.3, 0.4) is 0 Å². The number of carbonyl (C=O) groups excluding carboxylic acids is 1. The maximum Gasteiger partial charge on any atom is 0.255 e. The standard InChI is InChI=1S/C24H32N4O2S/c1-16-9-12-31-21(16)15-27-11-8-19-18(14-27)24(30)26-23(25-19)20-7-4-10-28(20)22(29)13-17-5-2-3-6-17/h9,12,17,20H,2-8,10-11,13-15H2,1H3,(H,25,26,30)/t20-/m1/s1. The molecule has 2 aromatic rings. The minimum atomic E-state index is -0.0706. The zero-order valence-corrected chi connectivity index (χ0v) is 19.2. The number of fused-ring (bicyclic) bond motifs is 1. The van der Waals surface area contributed by atoms with Crippen molar-refractivity contribution in [1.82, 2.24) is 19.8 Å². The highest BCUT2D eigenvalue weighted by molar-refractivity contribution is 7.10. The summed E-state index contributed by atoms with van der Waals surface area (Å²) in [6.45, 7) is 5.37. The lowest BCUT2D eigenvalue weighted by atomic mass is 10.0. The summed E-state index contributed by atoms with van der Waals surface area (Å²) < 4.78 is 0. The summed E-state index contributed by atoms with van der Waals surface area (Å²) in [6.07, 6.45) is 8.19. The number of aromatic nitrogens is 2. The lowest BCUT2D eigenvalue weighted by Gasteiger charge is -2.29. The average Bonchev–Trinajstić information content (AvgIpc) is 3.51. The topological polar surface area (TPSA) is 69.3 Å². The van der Waals surface area contributed by atoms with Crippen molar-refractivity contribution in [3.8, 4) is 0 Å². The Morgan fingerprint density at radius 2 is 2.06 bits per heavy atom. The smallest absolute Gasteiger partial charge is 0.255 e. The van der Waals surface area contributed by atoms with Crippen LogP contribution in [0.25, 0.3) is 0 Å². The third-order valence-electron chi connectivity index (χ3n) is 7.33. The molecule has 0 unspecified atom stereocenters.